The zero-order valence-electron chi connectivity index (χ0n) is 20.0. The molecule has 36 heavy (non-hydrogen) atoms. The lowest BCUT2D eigenvalue weighted by Gasteiger charge is -2.28. The molecule has 1 aromatic heterocycles. The van der Waals surface area contributed by atoms with Gasteiger partial charge in [-0.15, -0.1) is 10.2 Å². The second-order valence-corrected chi connectivity index (χ2v) is 8.40. The second kappa shape index (κ2) is 9.18. The molecule has 0 atom stereocenters. The third-order valence-corrected chi connectivity index (χ3v) is 6.21. The van der Waals surface area contributed by atoms with Crippen molar-refractivity contribution in [2.75, 3.05) is 14.2 Å². The van der Waals surface area contributed by atoms with Crippen LogP contribution in [0.5, 0.6) is 11.5 Å². The van der Waals surface area contributed by atoms with Gasteiger partial charge in [0.15, 0.2) is 5.54 Å². The molecule has 3 aromatic carbocycles. The number of nitrogens with zero attached hydrogens (tertiary/aromatic N) is 3. The Balaban J connectivity index is 1.50. The molecule has 9 nitrogen and oxygen atoms in total. The molecule has 5 rings (SSSR count). The number of nitrogens with one attached hydrogen (secondary N) is 1. The minimum atomic E-state index is -1.45. The summed E-state index contributed by atoms with van der Waals surface area (Å²) >= 11 is 0. The van der Waals surface area contributed by atoms with Crippen molar-refractivity contribution in [2.24, 2.45) is 0 Å². The molecule has 3 amide bonds. The van der Waals surface area contributed by atoms with Crippen LogP contribution in [0, 0.1) is 6.92 Å². The first kappa shape index (κ1) is 23.1. The number of hydrogen-bond acceptors (Lipinski definition) is 7. The number of urea groups is 1. The molecule has 4 aromatic rings. The molecule has 0 saturated carbocycles. The van der Waals surface area contributed by atoms with E-state index in [-0.39, 0.29) is 12.4 Å². The maximum Gasteiger partial charge on any atom is 0.326 e. The number of rotatable bonds is 7. The molecule has 0 spiro atoms. The first-order valence-electron chi connectivity index (χ1n) is 11.3. The van der Waals surface area contributed by atoms with E-state index in [0.717, 1.165) is 16.0 Å². The van der Waals surface area contributed by atoms with Gasteiger partial charge in [0.1, 0.15) is 18.0 Å². The number of ether oxygens (including phenoxy) is 2. The fourth-order valence-electron chi connectivity index (χ4n) is 4.23. The van der Waals surface area contributed by atoms with E-state index in [2.05, 4.69) is 15.5 Å². The molecule has 0 unspecified atom stereocenters. The third kappa shape index (κ3) is 3.94. The van der Waals surface area contributed by atoms with Crippen molar-refractivity contribution >= 4 is 11.9 Å². The molecule has 1 N–H and O–H groups in total. The molecule has 0 bridgehead atoms. The predicted octanol–water partition coefficient (Wildman–Crippen LogP) is 4.06. The van der Waals surface area contributed by atoms with E-state index in [9.17, 15) is 9.59 Å². The van der Waals surface area contributed by atoms with Crippen molar-refractivity contribution < 1.29 is 23.5 Å². The van der Waals surface area contributed by atoms with Crippen molar-refractivity contribution in [3.63, 3.8) is 0 Å². The Bertz CT molecular complexity index is 1350. The summed E-state index contributed by atoms with van der Waals surface area (Å²) in [5.74, 6) is 1.26. The standard InChI is InChI=1S/C27H24N4O5/c1-17-4-6-18(7-5-17)24-30-29-23(36-24)16-31-25(32)27(28-26(31)33,19-8-12-21(34-2)13-9-19)20-10-14-22(35-3)15-11-20/h4-15H,16H2,1-3H3,(H,28,33). The van der Waals surface area contributed by atoms with Crippen LogP contribution in [0.25, 0.3) is 11.5 Å². The van der Waals surface area contributed by atoms with Gasteiger partial charge in [-0.3, -0.25) is 9.69 Å². The summed E-state index contributed by atoms with van der Waals surface area (Å²) in [4.78, 5) is 28.2. The predicted molar refractivity (Wildman–Crippen MR) is 130 cm³/mol. The van der Waals surface area contributed by atoms with Crippen molar-refractivity contribution in [2.45, 2.75) is 19.0 Å². The minimum Gasteiger partial charge on any atom is -0.497 e. The van der Waals surface area contributed by atoms with Gasteiger partial charge in [0, 0.05) is 5.56 Å². The number of benzene rings is 3. The summed E-state index contributed by atoms with van der Waals surface area (Å²) in [6.07, 6.45) is 0. The molecule has 1 saturated heterocycles. The quantitative estimate of drug-likeness (QED) is 0.394. The van der Waals surface area contributed by atoms with Crippen molar-refractivity contribution in [1.82, 2.24) is 20.4 Å². The average molecular weight is 485 g/mol. The summed E-state index contributed by atoms with van der Waals surface area (Å²) in [6.45, 7) is 1.82. The van der Waals surface area contributed by atoms with Gasteiger partial charge in [-0.25, -0.2) is 4.79 Å². The molecular weight excluding hydrogens is 460 g/mol. The van der Waals surface area contributed by atoms with Crippen LogP contribution in [-0.2, 0) is 16.9 Å². The van der Waals surface area contributed by atoms with Crippen LogP contribution in [-0.4, -0.2) is 41.3 Å². The van der Waals surface area contributed by atoms with Crippen LogP contribution >= 0.6 is 0 Å². The van der Waals surface area contributed by atoms with Gasteiger partial charge in [0.2, 0.25) is 11.8 Å². The van der Waals surface area contributed by atoms with Crippen LogP contribution in [0.15, 0.2) is 77.2 Å². The highest BCUT2D eigenvalue weighted by Gasteiger charge is 2.54. The first-order valence-corrected chi connectivity index (χ1v) is 11.3. The Morgan fingerprint density at radius 2 is 1.39 bits per heavy atom. The monoisotopic (exact) mass is 484 g/mol. The highest BCUT2D eigenvalue weighted by atomic mass is 16.5. The summed E-state index contributed by atoms with van der Waals surface area (Å²) in [6, 6.07) is 21.1. The van der Waals surface area contributed by atoms with E-state index in [1.807, 2.05) is 31.2 Å². The highest BCUT2D eigenvalue weighted by molar-refractivity contribution is 6.09. The van der Waals surface area contributed by atoms with Gasteiger partial charge in [0.25, 0.3) is 5.91 Å². The molecule has 0 radical (unpaired) electrons. The number of amides is 3. The molecule has 182 valence electrons. The number of methoxy groups -OCH3 is 2. The zero-order valence-corrected chi connectivity index (χ0v) is 20.0. The smallest absolute Gasteiger partial charge is 0.326 e. The van der Waals surface area contributed by atoms with E-state index in [0.29, 0.717) is 28.5 Å². The van der Waals surface area contributed by atoms with Gasteiger partial charge in [-0.1, -0.05) is 42.0 Å². The number of aromatic nitrogens is 2. The van der Waals surface area contributed by atoms with Gasteiger partial charge in [-0.05, 0) is 54.4 Å². The lowest BCUT2D eigenvalue weighted by Crippen LogP contribution is -2.45. The van der Waals surface area contributed by atoms with Crippen LogP contribution in [0.3, 0.4) is 0 Å². The fraction of sp³-hybridized carbons (Fsp3) is 0.185. The molecular formula is C27H24N4O5. The Morgan fingerprint density at radius 3 is 1.92 bits per heavy atom. The third-order valence-electron chi connectivity index (χ3n) is 6.21. The SMILES string of the molecule is COc1ccc(C2(c3ccc(OC)cc3)NC(=O)N(Cc3nnc(-c4ccc(C)cc4)o3)C2=O)cc1. The number of hydrogen-bond donors (Lipinski definition) is 1. The molecule has 0 aliphatic carbocycles. The number of aryl methyl sites for hydroxylation is 1. The van der Waals surface area contributed by atoms with Crippen molar-refractivity contribution in [3.05, 3.63) is 95.4 Å². The topological polar surface area (TPSA) is 107 Å². The average Bonchev–Trinajstić information content (AvgIpc) is 3.48. The number of carbonyl (C=O) groups excluding carboxylic acids is 2. The molecule has 9 heteroatoms. The van der Waals surface area contributed by atoms with Crippen molar-refractivity contribution in [1.29, 1.82) is 0 Å². The molecule has 1 aliphatic rings. The highest BCUT2D eigenvalue weighted by Crippen LogP contribution is 2.38. The Labute approximate surface area is 207 Å². The van der Waals surface area contributed by atoms with Gasteiger partial charge in [-0.2, -0.15) is 0 Å². The summed E-state index contributed by atoms with van der Waals surface area (Å²) in [5, 5.41) is 11.1. The van der Waals surface area contributed by atoms with Crippen LogP contribution in [0.4, 0.5) is 4.79 Å². The van der Waals surface area contributed by atoms with E-state index in [4.69, 9.17) is 13.9 Å². The molecule has 2 heterocycles. The van der Waals surface area contributed by atoms with Crippen molar-refractivity contribution in [3.8, 4) is 23.0 Å². The van der Waals surface area contributed by atoms with E-state index >= 15 is 0 Å². The Morgan fingerprint density at radius 1 is 0.833 bits per heavy atom. The fourth-order valence-corrected chi connectivity index (χ4v) is 4.23. The normalized spacial score (nSPS) is 14.6. The Kier molecular flexibility index (Phi) is 5.89. The number of imide groups is 1. The summed E-state index contributed by atoms with van der Waals surface area (Å²) < 4.78 is 16.3. The summed E-state index contributed by atoms with van der Waals surface area (Å²) in [5.41, 5.74) is 1.57. The van der Waals surface area contributed by atoms with Gasteiger partial charge < -0.3 is 19.2 Å². The lowest BCUT2D eigenvalue weighted by atomic mass is 9.82. The molecule has 1 fully saturated rings. The maximum atomic E-state index is 14.0. The van der Waals surface area contributed by atoms with E-state index in [1.165, 1.54) is 0 Å². The zero-order chi connectivity index (χ0) is 25.3. The van der Waals surface area contributed by atoms with Gasteiger partial charge in [0.05, 0.1) is 14.2 Å². The minimum absolute atomic E-state index is 0.148. The number of carbonyl (C=O) groups is 2. The van der Waals surface area contributed by atoms with E-state index in [1.54, 1.807) is 62.8 Å². The Hall–Kier alpha value is -4.66. The maximum absolute atomic E-state index is 14.0. The first-order chi connectivity index (χ1) is 17.4. The second-order valence-electron chi connectivity index (χ2n) is 8.40. The largest absolute Gasteiger partial charge is 0.497 e. The van der Waals surface area contributed by atoms with E-state index < -0.39 is 17.5 Å². The molecule has 1 aliphatic heterocycles. The van der Waals surface area contributed by atoms with Crippen LogP contribution < -0.4 is 14.8 Å². The van der Waals surface area contributed by atoms with Crippen LogP contribution in [0.2, 0.25) is 0 Å². The van der Waals surface area contributed by atoms with Gasteiger partial charge >= 0.3 is 6.03 Å². The lowest BCUT2D eigenvalue weighted by molar-refractivity contribution is -0.130. The summed E-state index contributed by atoms with van der Waals surface area (Å²) in [7, 11) is 3.13. The van der Waals surface area contributed by atoms with Crippen LogP contribution in [0.1, 0.15) is 22.6 Å².